The summed E-state index contributed by atoms with van der Waals surface area (Å²) in [5.41, 5.74) is 13.3. The van der Waals surface area contributed by atoms with Crippen molar-refractivity contribution in [3.63, 3.8) is 0 Å². The van der Waals surface area contributed by atoms with Gasteiger partial charge in [0.15, 0.2) is 7.14 Å². The first-order valence-electron chi connectivity index (χ1n) is 16.2. The summed E-state index contributed by atoms with van der Waals surface area (Å²) in [5.74, 6) is 0. The zero-order valence-electron chi connectivity index (χ0n) is 27.3. The lowest BCUT2D eigenvalue weighted by Gasteiger charge is -2.40. The van der Waals surface area contributed by atoms with Gasteiger partial charge in [0.2, 0.25) is 0 Å². The highest BCUT2D eigenvalue weighted by Gasteiger charge is 2.44. The Kier molecular flexibility index (Phi) is 6.37. The molecule has 46 heavy (non-hydrogen) atoms. The molecule has 0 amide bonds. The summed E-state index contributed by atoms with van der Waals surface area (Å²) in [6.07, 6.45) is 0. The van der Waals surface area contributed by atoms with Gasteiger partial charge >= 0.3 is 0 Å². The van der Waals surface area contributed by atoms with Crippen LogP contribution in [0.3, 0.4) is 0 Å². The molecule has 6 aromatic carbocycles. The van der Waals surface area contributed by atoms with Crippen LogP contribution in [0, 0.1) is 27.7 Å². The number of aromatic nitrogens is 1. The lowest BCUT2D eigenvalue weighted by molar-refractivity contribution is 0.586. The predicted molar refractivity (Wildman–Crippen MR) is 197 cm³/mol. The van der Waals surface area contributed by atoms with Crippen LogP contribution in [0.4, 0.5) is 0 Å². The van der Waals surface area contributed by atoms with Crippen LogP contribution < -0.4 is 15.9 Å². The van der Waals surface area contributed by atoms with Gasteiger partial charge in [-0.25, -0.2) is 0 Å². The molecule has 0 N–H and O–H groups in total. The molecule has 8 rings (SSSR count). The van der Waals surface area contributed by atoms with Gasteiger partial charge in [0, 0.05) is 32.1 Å². The van der Waals surface area contributed by atoms with Crippen molar-refractivity contribution >= 4 is 44.9 Å². The average Bonchev–Trinajstić information content (AvgIpc) is 3.41. The van der Waals surface area contributed by atoms with Crippen molar-refractivity contribution < 1.29 is 4.57 Å². The second-order valence-electron chi connectivity index (χ2n) is 13.4. The molecule has 0 saturated heterocycles. The highest BCUT2D eigenvalue weighted by molar-refractivity contribution is 7.85. The number of para-hydroxylation sites is 2. The Morgan fingerprint density at radius 3 is 1.70 bits per heavy atom. The van der Waals surface area contributed by atoms with Crippen LogP contribution in [-0.2, 0) is 9.98 Å². The first-order chi connectivity index (χ1) is 22.2. The summed E-state index contributed by atoms with van der Waals surface area (Å²) < 4.78 is 17.9. The summed E-state index contributed by atoms with van der Waals surface area (Å²) in [4.78, 5) is 0. The lowest BCUT2D eigenvalue weighted by atomic mass is 9.76. The van der Waals surface area contributed by atoms with E-state index >= 15 is 4.57 Å². The van der Waals surface area contributed by atoms with Crippen molar-refractivity contribution in [3.8, 4) is 16.8 Å². The van der Waals surface area contributed by atoms with E-state index in [2.05, 4.69) is 131 Å². The van der Waals surface area contributed by atoms with Gasteiger partial charge in [-0.1, -0.05) is 111 Å². The van der Waals surface area contributed by atoms with Crippen LogP contribution in [0.5, 0.6) is 0 Å². The molecule has 7 aromatic rings. The minimum atomic E-state index is -3.07. The molecule has 2 heterocycles. The van der Waals surface area contributed by atoms with Crippen molar-refractivity contribution in [1.82, 2.24) is 4.57 Å². The Morgan fingerprint density at radius 2 is 1.07 bits per heavy atom. The number of hydrogen-bond donors (Lipinski definition) is 0. The van der Waals surface area contributed by atoms with Crippen molar-refractivity contribution in [1.29, 1.82) is 0 Å². The lowest BCUT2D eigenvalue weighted by Crippen LogP contribution is -2.42. The van der Waals surface area contributed by atoms with Crippen molar-refractivity contribution in [2.45, 2.75) is 47.0 Å². The summed E-state index contributed by atoms with van der Waals surface area (Å²) in [5, 5.41) is 5.35. The zero-order valence-corrected chi connectivity index (χ0v) is 28.2. The van der Waals surface area contributed by atoms with Crippen LogP contribution in [0.25, 0.3) is 38.6 Å². The SMILES string of the molecule is Cc1c(C)c(-n2c3ccccc3c3ccccc32)c(C)c(C)c1-c1ccc2c(c1)C(C)(C)c1ccccc1P2(=O)c1ccccc1. The molecule has 1 unspecified atom stereocenters. The predicted octanol–water partition coefficient (Wildman–Crippen LogP) is 9.96. The maximum absolute atomic E-state index is 15.4. The molecule has 0 aliphatic carbocycles. The molecule has 226 valence electrons. The number of fused-ring (bicyclic) bond motifs is 5. The fourth-order valence-corrected chi connectivity index (χ4v) is 11.5. The maximum Gasteiger partial charge on any atom is 0.171 e. The van der Waals surface area contributed by atoms with Gasteiger partial charge in [0.25, 0.3) is 0 Å². The average molecular weight is 616 g/mol. The van der Waals surface area contributed by atoms with E-state index in [-0.39, 0.29) is 5.41 Å². The second-order valence-corrected chi connectivity index (χ2v) is 16.1. The second kappa shape index (κ2) is 10.2. The summed E-state index contributed by atoms with van der Waals surface area (Å²) in [6, 6.07) is 42.6. The highest BCUT2D eigenvalue weighted by Crippen LogP contribution is 2.53. The van der Waals surface area contributed by atoms with Crippen LogP contribution >= 0.6 is 7.14 Å². The summed E-state index contributed by atoms with van der Waals surface area (Å²) in [6.45, 7) is 13.6. The van der Waals surface area contributed by atoms with Gasteiger partial charge in [-0.05, 0) is 96.5 Å². The highest BCUT2D eigenvalue weighted by atomic mass is 31.2. The number of rotatable bonds is 3. The number of nitrogens with zero attached hydrogens (tertiary/aromatic N) is 1. The van der Waals surface area contributed by atoms with Gasteiger partial charge in [-0.15, -0.1) is 0 Å². The molecule has 0 bridgehead atoms. The molecule has 1 aliphatic heterocycles. The summed E-state index contributed by atoms with van der Waals surface area (Å²) >= 11 is 0. The molecule has 0 radical (unpaired) electrons. The smallest absolute Gasteiger partial charge is 0.171 e. The third-order valence-electron chi connectivity index (χ3n) is 10.7. The van der Waals surface area contributed by atoms with E-state index < -0.39 is 7.14 Å². The van der Waals surface area contributed by atoms with E-state index in [1.165, 1.54) is 60.9 Å². The molecule has 3 heteroatoms. The molecule has 0 fully saturated rings. The fraction of sp³-hybridized carbons (Fsp3) is 0.163. The van der Waals surface area contributed by atoms with Crippen molar-refractivity contribution in [2.75, 3.05) is 0 Å². The van der Waals surface area contributed by atoms with Crippen LogP contribution in [-0.4, -0.2) is 4.57 Å². The van der Waals surface area contributed by atoms with E-state index in [4.69, 9.17) is 0 Å². The zero-order chi connectivity index (χ0) is 32.0. The first-order valence-corrected chi connectivity index (χ1v) is 17.9. The van der Waals surface area contributed by atoms with Gasteiger partial charge in [0.05, 0.1) is 16.7 Å². The molecular formula is C43H38NOP. The van der Waals surface area contributed by atoms with Crippen LogP contribution in [0.15, 0.2) is 121 Å². The summed E-state index contributed by atoms with van der Waals surface area (Å²) in [7, 11) is -3.07. The number of hydrogen-bond acceptors (Lipinski definition) is 1. The third-order valence-corrected chi connectivity index (χ3v) is 13.9. The topological polar surface area (TPSA) is 22.0 Å². The number of benzene rings is 6. The van der Waals surface area contributed by atoms with Crippen LogP contribution in [0.2, 0.25) is 0 Å². The molecule has 2 nitrogen and oxygen atoms in total. The maximum atomic E-state index is 15.4. The molecule has 1 atom stereocenters. The molecular weight excluding hydrogens is 577 g/mol. The van der Waals surface area contributed by atoms with Gasteiger partial charge in [-0.3, -0.25) is 0 Å². The van der Waals surface area contributed by atoms with E-state index in [0.717, 1.165) is 27.0 Å². The van der Waals surface area contributed by atoms with Crippen molar-refractivity contribution in [2.24, 2.45) is 0 Å². The fourth-order valence-electron chi connectivity index (χ4n) is 8.16. The normalized spacial score (nSPS) is 16.8. The first kappa shape index (κ1) is 28.8. The Hall–Kier alpha value is -4.65. The third kappa shape index (κ3) is 3.80. The van der Waals surface area contributed by atoms with Gasteiger partial charge in [-0.2, -0.15) is 0 Å². The monoisotopic (exact) mass is 615 g/mol. The van der Waals surface area contributed by atoms with Gasteiger partial charge in [0.1, 0.15) is 0 Å². The quantitative estimate of drug-likeness (QED) is 0.181. The van der Waals surface area contributed by atoms with E-state index in [1.54, 1.807) is 0 Å². The Bertz CT molecular complexity index is 2330. The molecule has 1 aliphatic rings. The van der Waals surface area contributed by atoms with Crippen molar-refractivity contribution in [3.05, 3.63) is 155 Å². The Balaban J connectivity index is 1.38. The largest absolute Gasteiger partial charge is 0.309 e. The Labute approximate surface area is 271 Å². The Morgan fingerprint density at radius 1 is 0.543 bits per heavy atom. The minimum absolute atomic E-state index is 0.306. The van der Waals surface area contributed by atoms with Gasteiger partial charge < -0.3 is 9.13 Å². The molecule has 0 spiro atoms. The van der Waals surface area contributed by atoms with E-state index in [9.17, 15) is 0 Å². The minimum Gasteiger partial charge on any atom is -0.309 e. The molecule has 1 aromatic heterocycles. The van der Waals surface area contributed by atoms with Crippen LogP contribution in [0.1, 0.15) is 47.2 Å². The van der Waals surface area contributed by atoms with E-state index in [1.807, 2.05) is 36.4 Å². The molecule has 0 saturated carbocycles. The standard InChI is InChI=1S/C43H38NOP/c1-27-29(3)42(44-37-21-13-10-18-33(37)34-19-11-14-22-38(34)44)30(4)28(2)41(27)31-24-25-40-36(26-31)43(5,6)35-20-12-15-23-39(35)46(40,45)32-16-8-7-9-17-32/h7-26H,1-6H3. The van der Waals surface area contributed by atoms with E-state index in [0.29, 0.717) is 0 Å².